The van der Waals surface area contributed by atoms with E-state index in [1.807, 2.05) is 6.92 Å². The van der Waals surface area contributed by atoms with Crippen molar-refractivity contribution in [3.63, 3.8) is 0 Å². The zero-order valence-electron chi connectivity index (χ0n) is 8.94. The van der Waals surface area contributed by atoms with E-state index in [-0.39, 0.29) is 23.7 Å². The molecule has 1 rings (SSSR count). The fraction of sp³-hybridized carbons (Fsp3) is 0.909. The molecule has 1 saturated carbocycles. The molecule has 0 radical (unpaired) electrons. The second kappa shape index (κ2) is 4.89. The molecule has 0 saturated heterocycles. The van der Waals surface area contributed by atoms with E-state index >= 15 is 0 Å². The lowest BCUT2D eigenvalue weighted by atomic mass is 9.77. The molecule has 1 aliphatic carbocycles. The van der Waals surface area contributed by atoms with Crippen LogP contribution in [0.4, 0.5) is 0 Å². The van der Waals surface area contributed by atoms with Crippen molar-refractivity contribution in [3.8, 4) is 0 Å². The summed E-state index contributed by atoms with van der Waals surface area (Å²) in [5, 5.41) is 19.1. The Hall–Kier alpha value is -0.410. The van der Waals surface area contributed by atoms with Crippen molar-refractivity contribution < 1.29 is 15.0 Å². The maximum atomic E-state index is 11.0. The molecule has 0 aromatic heterocycles. The average Bonchev–Trinajstić information content (AvgIpc) is 2.15. The summed E-state index contributed by atoms with van der Waals surface area (Å²) in [6, 6.07) is 0. The zero-order chi connectivity index (χ0) is 10.7. The Kier molecular flexibility index (Phi) is 4.08. The average molecular weight is 200 g/mol. The third-order valence-corrected chi connectivity index (χ3v) is 3.35. The van der Waals surface area contributed by atoms with E-state index in [4.69, 9.17) is 0 Å². The van der Waals surface area contributed by atoms with Crippen LogP contribution < -0.4 is 0 Å². The van der Waals surface area contributed by atoms with Crippen LogP contribution in [0.15, 0.2) is 0 Å². The van der Waals surface area contributed by atoms with E-state index in [1.165, 1.54) is 6.92 Å². The van der Waals surface area contributed by atoms with Gasteiger partial charge in [-0.05, 0) is 38.0 Å². The minimum absolute atomic E-state index is 0.0255. The molecule has 1 fully saturated rings. The van der Waals surface area contributed by atoms with E-state index in [0.29, 0.717) is 0 Å². The standard InChI is InChI=1S/C11H20O3/c1-7(11(14)8(2)12)9-4-3-5-10(13)6-9/h7,9-11,13-14H,3-6H2,1-2H3. The summed E-state index contributed by atoms with van der Waals surface area (Å²) in [7, 11) is 0. The SMILES string of the molecule is CC(=O)C(O)C(C)C1CCCC(O)C1. The molecule has 0 heterocycles. The van der Waals surface area contributed by atoms with Gasteiger partial charge in [-0.1, -0.05) is 13.3 Å². The second-order valence-electron chi connectivity index (χ2n) is 4.50. The highest BCUT2D eigenvalue weighted by molar-refractivity contribution is 5.80. The molecule has 0 bridgehead atoms. The number of hydrogen-bond donors (Lipinski definition) is 2. The van der Waals surface area contributed by atoms with Crippen LogP contribution in [-0.2, 0) is 4.79 Å². The Labute approximate surface area is 85.1 Å². The number of aliphatic hydroxyl groups is 2. The highest BCUT2D eigenvalue weighted by atomic mass is 16.3. The van der Waals surface area contributed by atoms with Gasteiger partial charge >= 0.3 is 0 Å². The van der Waals surface area contributed by atoms with E-state index in [2.05, 4.69) is 0 Å². The van der Waals surface area contributed by atoms with Crippen LogP contribution in [0.25, 0.3) is 0 Å². The van der Waals surface area contributed by atoms with Crippen LogP contribution >= 0.6 is 0 Å². The van der Waals surface area contributed by atoms with Gasteiger partial charge in [-0.2, -0.15) is 0 Å². The number of rotatable bonds is 3. The van der Waals surface area contributed by atoms with Crippen LogP contribution in [0.2, 0.25) is 0 Å². The first-order chi connectivity index (χ1) is 6.52. The molecule has 0 spiro atoms. The normalized spacial score (nSPS) is 32.3. The van der Waals surface area contributed by atoms with Crippen LogP contribution in [0, 0.1) is 11.8 Å². The largest absolute Gasteiger partial charge is 0.393 e. The molecule has 0 aromatic rings. The smallest absolute Gasteiger partial charge is 0.158 e. The van der Waals surface area contributed by atoms with Gasteiger partial charge in [-0.3, -0.25) is 4.79 Å². The summed E-state index contributed by atoms with van der Waals surface area (Å²) < 4.78 is 0. The summed E-state index contributed by atoms with van der Waals surface area (Å²) in [6.45, 7) is 3.31. The Morgan fingerprint density at radius 2 is 2.07 bits per heavy atom. The van der Waals surface area contributed by atoms with E-state index in [0.717, 1.165) is 25.7 Å². The molecule has 2 N–H and O–H groups in total. The molecule has 4 unspecified atom stereocenters. The molecule has 4 atom stereocenters. The maximum absolute atomic E-state index is 11.0. The van der Waals surface area contributed by atoms with Gasteiger partial charge in [-0.15, -0.1) is 0 Å². The lowest BCUT2D eigenvalue weighted by molar-refractivity contribution is -0.129. The summed E-state index contributed by atoms with van der Waals surface area (Å²) >= 11 is 0. The summed E-state index contributed by atoms with van der Waals surface area (Å²) in [5.41, 5.74) is 0. The molecular formula is C11H20O3. The third-order valence-electron chi connectivity index (χ3n) is 3.35. The Bertz CT molecular complexity index is 203. The fourth-order valence-corrected chi connectivity index (χ4v) is 2.31. The first-order valence-electron chi connectivity index (χ1n) is 5.39. The molecule has 0 amide bonds. The van der Waals surface area contributed by atoms with Gasteiger partial charge in [0.05, 0.1) is 6.10 Å². The van der Waals surface area contributed by atoms with Gasteiger partial charge in [0.25, 0.3) is 0 Å². The highest BCUT2D eigenvalue weighted by Gasteiger charge is 2.30. The maximum Gasteiger partial charge on any atom is 0.158 e. The van der Waals surface area contributed by atoms with Crippen LogP contribution in [0.3, 0.4) is 0 Å². The van der Waals surface area contributed by atoms with Crippen LogP contribution in [0.5, 0.6) is 0 Å². The first kappa shape index (κ1) is 11.7. The van der Waals surface area contributed by atoms with Gasteiger partial charge in [0.1, 0.15) is 6.10 Å². The van der Waals surface area contributed by atoms with E-state index < -0.39 is 6.10 Å². The quantitative estimate of drug-likeness (QED) is 0.718. The number of Topliss-reactive ketones (excluding diaryl/α,β-unsaturated/α-hetero) is 1. The number of ketones is 1. The van der Waals surface area contributed by atoms with Crippen molar-refractivity contribution in [2.45, 2.75) is 51.7 Å². The first-order valence-corrected chi connectivity index (χ1v) is 5.39. The van der Waals surface area contributed by atoms with Crippen molar-refractivity contribution in [2.24, 2.45) is 11.8 Å². The fourth-order valence-electron chi connectivity index (χ4n) is 2.31. The number of carbonyl (C=O) groups is 1. The molecule has 1 aliphatic rings. The molecule has 82 valence electrons. The topological polar surface area (TPSA) is 57.5 Å². The van der Waals surface area contributed by atoms with Gasteiger partial charge in [0, 0.05) is 0 Å². The Balaban J connectivity index is 2.50. The lowest BCUT2D eigenvalue weighted by Gasteiger charge is -2.32. The minimum atomic E-state index is -0.856. The molecule has 0 aliphatic heterocycles. The van der Waals surface area contributed by atoms with Gasteiger partial charge in [-0.25, -0.2) is 0 Å². The van der Waals surface area contributed by atoms with E-state index in [9.17, 15) is 15.0 Å². The predicted octanol–water partition coefficient (Wildman–Crippen LogP) is 1.12. The summed E-state index contributed by atoms with van der Waals surface area (Å²) in [6.07, 6.45) is 2.51. The summed E-state index contributed by atoms with van der Waals surface area (Å²) in [5.74, 6) is 0.0951. The molecule has 3 heteroatoms. The number of carbonyl (C=O) groups excluding carboxylic acids is 1. The highest BCUT2D eigenvalue weighted by Crippen LogP contribution is 2.31. The van der Waals surface area contributed by atoms with Crippen molar-refractivity contribution in [3.05, 3.63) is 0 Å². The third kappa shape index (κ3) is 2.79. The Morgan fingerprint density at radius 1 is 1.43 bits per heavy atom. The number of aliphatic hydroxyl groups excluding tert-OH is 2. The number of hydrogen-bond acceptors (Lipinski definition) is 3. The lowest BCUT2D eigenvalue weighted by Crippen LogP contribution is -2.34. The van der Waals surface area contributed by atoms with Crippen LogP contribution in [0.1, 0.15) is 39.5 Å². The van der Waals surface area contributed by atoms with E-state index in [1.54, 1.807) is 0 Å². The van der Waals surface area contributed by atoms with Crippen LogP contribution in [-0.4, -0.2) is 28.2 Å². The monoisotopic (exact) mass is 200 g/mol. The summed E-state index contributed by atoms with van der Waals surface area (Å²) in [4.78, 5) is 11.0. The van der Waals surface area contributed by atoms with Gasteiger partial charge in [0.15, 0.2) is 5.78 Å². The molecule has 0 aromatic carbocycles. The minimum Gasteiger partial charge on any atom is -0.393 e. The molecule has 3 nitrogen and oxygen atoms in total. The van der Waals surface area contributed by atoms with Gasteiger partial charge < -0.3 is 10.2 Å². The Morgan fingerprint density at radius 3 is 2.57 bits per heavy atom. The molecular weight excluding hydrogens is 180 g/mol. The predicted molar refractivity (Wildman–Crippen MR) is 53.8 cm³/mol. The van der Waals surface area contributed by atoms with Crippen molar-refractivity contribution >= 4 is 5.78 Å². The van der Waals surface area contributed by atoms with Gasteiger partial charge in [0.2, 0.25) is 0 Å². The van der Waals surface area contributed by atoms with Crippen molar-refractivity contribution in [1.82, 2.24) is 0 Å². The van der Waals surface area contributed by atoms with Crippen molar-refractivity contribution in [2.75, 3.05) is 0 Å². The molecule has 14 heavy (non-hydrogen) atoms. The van der Waals surface area contributed by atoms with Crippen molar-refractivity contribution in [1.29, 1.82) is 0 Å². The zero-order valence-corrected chi connectivity index (χ0v) is 8.94. The second-order valence-corrected chi connectivity index (χ2v) is 4.50.